The van der Waals surface area contributed by atoms with Gasteiger partial charge in [0, 0.05) is 11.7 Å². The Morgan fingerprint density at radius 3 is 2.29 bits per heavy atom. The first kappa shape index (κ1) is 21.6. The fraction of sp³-hybridized carbons (Fsp3) is 0.174. The van der Waals surface area contributed by atoms with Gasteiger partial charge in [0.05, 0.1) is 5.56 Å². The molecule has 3 rings (SSSR count). The Labute approximate surface area is 178 Å². The first-order chi connectivity index (χ1) is 14.7. The monoisotopic (exact) mass is 422 g/mol. The fourth-order valence-electron chi connectivity index (χ4n) is 3.01. The predicted octanol–water partition coefficient (Wildman–Crippen LogP) is 3.40. The zero-order valence-electron chi connectivity index (χ0n) is 17.0. The first-order valence-corrected chi connectivity index (χ1v) is 9.57. The maximum Gasteiger partial charge on any atom is 0.339 e. The summed E-state index contributed by atoms with van der Waals surface area (Å²) in [6.07, 6.45) is 0. The van der Waals surface area contributed by atoms with Crippen molar-refractivity contribution in [3.05, 3.63) is 65.7 Å². The molecule has 0 unspecified atom stereocenters. The number of benzene rings is 3. The number of fused-ring (bicyclic) bond motifs is 1. The minimum atomic E-state index is -1.32. The first-order valence-electron chi connectivity index (χ1n) is 9.57. The van der Waals surface area contributed by atoms with Crippen LogP contribution in [0.25, 0.3) is 10.8 Å². The van der Waals surface area contributed by atoms with Crippen LogP contribution >= 0.6 is 0 Å². The number of hydrogen-bond acceptors (Lipinski definition) is 5. The molecular weight excluding hydrogens is 400 g/mol. The Hall–Kier alpha value is -4.07. The van der Waals surface area contributed by atoms with Crippen molar-refractivity contribution in [1.82, 2.24) is 5.32 Å². The van der Waals surface area contributed by atoms with Gasteiger partial charge in [-0.3, -0.25) is 9.59 Å². The van der Waals surface area contributed by atoms with Crippen LogP contribution in [0.2, 0.25) is 0 Å². The van der Waals surface area contributed by atoms with Gasteiger partial charge in [-0.2, -0.15) is 0 Å². The van der Waals surface area contributed by atoms with Gasteiger partial charge in [0.25, 0.3) is 11.8 Å². The van der Waals surface area contributed by atoms with E-state index in [9.17, 15) is 19.5 Å². The van der Waals surface area contributed by atoms with Crippen LogP contribution in [0.1, 0.15) is 34.6 Å². The average molecular weight is 422 g/mol. The molecule has 0 spiro atoms. The molecule has 0 heterocycles. The molecule has 0 aliphatic carbocycles. The standard InChI is InChI=1S/C23H22N2O6/c1-13(2)24-21(27)12-31-20-10-15-6-4-3-5-14(15)9-18(20)22(28)25-16-7-8-19(26)17(11-16)23(29)30/h3-11,13,26H,12H2,1-2H3,(H,24,27)(H,25,28)(H,29,30). The molecule has 8 heteroatoms. The number of phenols is 1. The fourth-order valence-corrected chi connectivity index (χ4v) is 3.01. The Kier molecular flexibility index (Phi) is 6.40. The molecule has 0 fully saturated rings. The molecule has 0 atom stereocenters. The van der Waals surface area contributed by atoms with Crippen molar-refractivity contribution >= 4 is 34.2 Å². The van der Waals surface area contributed by atoms with E-state index in [1.807, 2.05) is 38.1 Å². The minimum absolute atomic E-state index is 0.0478. The summed E-state index contributed by atoms with van der Waals surface area (Å²) >= 11 is 0. The van der Waals surface area contributed by atoms with E-state index < -0.39 is 17.6 Å². The van der Waals surface area contributed by atoms with Crippen molar-refractivity contribution < 1.29 is 29.3 Å². The molecule has 3 aromatic carbocycles. The molecular formula is C23H22N2O6. The van der Waals surface area contributed by atoms with Crippen LogP contribution in [0.3, 0.4) is 0 Å². The second-order valence-corrected chi connectivity index (χ2v) is 7.20. The number of rotatable bonds is 7. The highest BCUT2D eigenvalue weighted by molar-refractivity contribution is 6.09. The molecule has 2 amide bonds. The maximum atomic E-state index is 13.0. The van der Waals surface area contributed by atoms with E-state index in [0.717, 1.165) is 16.8 Å². The highest BCUT2D eigenvalue weighted by Crippen LogP contribution is 2.28. The Balaban J connectivity index is 1.91. The summed E-state index contributed by atoms with van der Waals surface area (Å²) in [6, 6.07) is 14.4. The molecule has 0 aliphatic rings. The van der Waals surface area contributed by atoms with E-state index in [2.05, 4.69) is 10.6 Å². The normalized spacial score (nSPS) is 10.7. The van der Waals surface area contributed by atoms with Gasteiger partial charge in [-0.15, -0.1) is 0 Å². The van der Waals surface area contributed by atoms with Crippen molar-refractivity contribution in [1.29, 1.82) is 0 Å². The second-order valence-electron chi connectivity index (χ2n) is 7.20. The van der Waals surface area contributed by atoms with Gasteiger partial charge in [-0.1, -0.05) is 24.3 Å². The van der Waals surface area contributed by atoms with E-state index in [4.69, 9.17) is 9.84 Å². The molecule has 0 saturated heterocycles. The summed E-state index contributed by atoms with van der Waals surface area (Å²) in [6.45, 7) is 3.39. The van der Waals surface area contributed by atoms with Crippen molar-refractivity contribution in [2.24, 2.45) is 0 Å². The lowest BCUT2D eigenvalue weighted by molar-refractivity contribution is -0.123. The lowest BCUT2D eigenvalue weighted by atomic mass is 10.0. The van der Waals surface area contributed by atoms with Gasteiger partial charge in [0.2, 0.25) is 0 Å². The number of nitrogens with one attached hydrogen (secondary N) is 2. The summed E-state index contributed by atoms with van der Waals surface area (Å²) in [5, 5.41) is 25.8. The van der Waals surface area contributed by atoms with Gasteiger partial charge < -0.3 is 25.6 Å². The molecule has 0 radical (unpaired) electrons. The number of carbonyl (C=O) groups excluding carboxylic acids is 2. The highest BCUT2D eigenvalue weighted by Gasteiger charge is 2.17. The third-order valence-corrected chi connectivity index (χ3v) is 4.39. The molecule has 160 valence electrons. The Morgan fingerprint density at radius 2 is 1.65 bits per heavy atom. The molecule has 0 bridgehead atoms. The number of hydrogen-bond donors (Lipinski definition) is 4. The number of ether oxygens (including phenoxy) is 1. The maximum absolute atomic E-state index is 13.0. The van der Waals surface area contributed by atoms with Crippen LogP contribution in [0.15, 0.2) is 54.6 Å². The Bertz CT molecular complexity index is 1160. The topological polar surface area (TPSA) is 125 Å². The molecule has 0 aromatic heterocycles. The lowest BCUT2D eigenvalue weighted by Crippen LogP contribution is -2.34. The van der Waals surface area contributed by atoms with Gasteiger partial charge in [-0.25, -0.2) is 4.79 Å². The van der Waals surface area contributed by atoms with Crippen molar-refractivity contribution in [3.63, 3.8) is 0 Å². The average Bonchev–Trinajstić information content (AvgIpc) is 2.72. The minimum Gasteiger partial charge on any atom is -0.507 e. The summed E-state index contributed by atoms with van der Waals surface area (Å²) in [7, 11) is 0. The summed E-state index contributed by atoms with van der Waals surface area (Å²) < 4.78 is 5.64. The lowest BCUT2D eigenvalue weighted by Gasteiger charge is -2.14. The van der Waals surface area contributed by atoms with Crippen LogP contribution in [0.5, 0.6) is 11.5 Å². The Morgan fingerprint density at radius 1 is 0.968 bits per heavy atom. The van der Waals surface area contributed by atoms with E-state index in [1.54, 1.807) is 12.1 Å². The second kappa shape index (κ2) is 9.17. The zero-order chi connectivity index (χ0) is 22.5. The SMILES string of the molecule is CC(C)NC(=O)COc1cc2ccccc2cc1C(=O)Nc1ccc(O)c(C(=O)O)c1. The van der Waals surface area contributed by atoms with Crippen LogP contribution < -0.4 is 15.4 Å². The number of aromatic carboxylic acids is 1. The number of carboxylic acid groups (broad SMARTS) is 1. The van der Waals surface area contributed by atoms with E-state index in [1.165, 1.54) is 12.1 Å². The molecule has 3 aromatic rings. The zero-order valence-corrected chi connectivity index (χ0v) is 17.0. The summed E-state index contributed by atoms with van der Waals surface area (Å²) in [4.78, 5) is 36.2. The third-order valence-electron chi connectivity index (χ3n) is 4.39. The van der Waals surface area contributed by atoms with E-state index >= 15 is 0 Å². The van der Waals surface area contributed by atoms with Crippen LogP contribution in [0.4, 0.5) is 5.69 Å². The van der Waals surface area contributed by atoms with E-state index in [0.29, 0.717) is 0 Å². The molecule has 0 saturated carbocycles. The quantitative estimate of drug-likeness (QED) is 0.433. The largest absolute Gasteiger partial charge is 0.507 e. The number of anilines is 1. The molecule has 4 N–H and O–H groups in total. The number of aromatic hydroxyl groups is 1. The van der Waals surface area contributed by atoms with Crippen molar-refractivity contribution in [3.8, 4) is 11.5 Å². The van der Waals surface area contributed by atoms with Gasteiger partial charge in [-0.05, 0) is 55.0 Å². The molecule has 8 nitrogen and oxygen atoms in total. The smallest absolute Gasteiger partial charge is 0.339 e. The van der Waals surface area contributed by atoms with Crippen LogP contribution in [-0.2, 0) is 4.79 Å². The van der Waals surface area contributed by atoms with Crippen LogP contribution in [-0.4, -0.2) is 40.6 Å². The van der Waals surface area contributed by atoms with E-state index in [-0.39, 0.29) is 41.1 Å². The molecule has 31 heavy (non-hydrogen) atoms. The predicted molar refractivity (Wildman–Crippen MR) is 116 cm³/mol. The number of carboxylic acids is 1. The van der Waals surface area contributed by atoms with Gasteiger partial charge >= 0.3 is 5.97 Å². The summed E-state index contributed by atoms with van der Waals surface area (Å²) in [5.74, 6) is -2.38. The van der Waals surface area contributed by atoms with Crippen LogP contribution in [0, 0.1) is 0 Å². The number of amides is 2. The van der Waals surface area contributed by atoms with Crippen molar-refractivity contribution in [2.75, 3.05) is 11.9 Å². The van der Waals surface area contributed by atoms with Gasteiger partial charge in [0.15, 0.2) is 6.61 Å². The van der Waals surface area contributed by atoms with Gasteiger partial charge in [0.1, 0.15) is 17.1 Å². The third kappa shape index (κ3) is 5.30. The highest BCUT2D eigenvalue weighted by atomic mass is 16.5. The number of carbonyl (C=O) groups is 3. The summed E-state index contributed by atoms with van der Waals surface area (Å²) in [5.41, 5.74) is 0.0380. The molecule has 0 aliphatic heterocycles. The van der Waals surface area contributed by atoms with Crippen molar-refractivity contribution in [2.45, 2.75) is 19.9 Å².